The van der Waals surface area contributed by atoms with Crippen LogP contribution in [0.2, 0.25) is 0 Å². The number of hydrogen-bond donors (Lipinski definition) is 6. The molecule has 0 aromatic carbocycles. The molecule has 0 aliphatic carbocycles. The lowest BCUT2D eigenvalue weighted by molar-refractivity contribution is -0.301. The Balaban J connectivity index is 2.28. The smallest absolute Gasteiger partial charge is 0.244 e. The zero-order valence-corrected chi connectivity index (χ0v) is 39.8. The van der Waals surface area contributed by atoms with Crippen LogP contribution in [-0.4, -0.2) is 88.7 Å². The van der Waals surface area contributed by atoms with E-state index < -0.39 is 49.3 Å². The molecule has 0 spiro atoms. The Morgan fingerprint density at radius 2 is 0.952 bits per heavy atom. The van der Waals surface area contributed by atoms with Crippen molar-refractivity contribution in [2.75, 3.05) is 19.8 Å². The van der Waals surface area contributed by atoms with Gasteiger partial charge in [0.1, 0.15) is 30.5 Å². The van der Waals surface area contributed by atoms with Crippen LogP contribution in [0.4, 0.5) is 0 Å². The quantitative estimate of drug-likeness (QED) is 0.0262. The molecule has 0 radical (unpaired) electrons. The Kier molecular flexibility index (Phi) is 39.9. The number of nitrogens with one attached hydrogen (secondary N) is 2. The third-order valence-electron chi connectivity index (χ3n) is 12.1. The van der Waals surface area contributed by atoms with E-state index in [4.69, 9.17) is 9.47 Å². The highest BCUT2D eigenvalue weighted by atomic mass is 16.7. The van der Waals surface area contributed by atoms with Gasteiger partial charge in [0.2, 0.25) is 11.8 Å². The minimum Gasteiger partial charge on any atom is -0.394 e. The highest BCUT2D eigenvalue weighted by molar-refractivity contribution is 5.87. The molecule has 0 aromatic heterocycles. The molecular formula is C52H94N2O8. The van der Waals surface area contributed by atoms with Crippen molar-refractivity contribution in [3.05, 3.63) is 0 Å². The molecule has 0 bridgehead atoms. The summed E-state index contributed by atoms with van der Waals surface area (Å²) in [6, 6.07) is -1.04. The summed E-state index contributed by atoms with van der Waals surface area (Å²) in [6.07, 6.45) is 34.3. The van der Waals surface area contributed by atoms with Gasteiger partial charge in [-0.2, -0.15) is 0 Å². The largest absolute Gasteiger partial charge is 0.394 e. The van der Waals surface area contributed by atoms with Gasteiger partial charge in [-0.25, -0.2) is 0 Å². The normalized spacial score (nSPS) is 19.0. The van der Waals surface area contributed by atoms with Gasteiger partial charge >= 0.3 is 0 Å². The lowest BCUT2D eigenvalue weighted by Gasteiger charge is -2.39. The number of aliphatic hydroxyl groups is 4. The summed E-state index contributed by atoms with van der Waals surface area (Å²) in [7, 11) is 0. The summed E-state index contributed by atoms with van der Waals surface area (Å²) in [6.45, 7) is 4.10. The van der Waals surface area contributed by atoms with Crippen molar-refractivity contribution >= 4 is 11.8 Å². The fraction of sp³-hybridized carbons (Fsp3) is 0.885. The van der Waals surface area contributed by atoms with Gasteiger partial charge in [-0.15, -0.1) is 0 Å². The predicted molar refractivity (Wildman–Crippen MR) is 253 cm³/mol. The number of aliphatic hydroxyl groups excluding tert-OH is 4. The molecule has 0 unspecified atom stereocenters. The first kappa shape index (κ1) is 57.8. The fourth-order valence-corrected chi connectivity index (χ4v) is 7.97. The molecule has 1 aliphatic heterocycles. The second-order valence-electron chi connectivity index (χ2n) is 17.9. The van der Waals surface area contributed by atoms with E-state index in [0.717, 1.165) is 64.2 Å². The third-order valence-corrected chi connectivity index (χ3v) is 12.1. The van der Waals surface area contributed by atoms with Crippen molar-refractivity contribution in [1.82, 2.24) is 10.6 Å². The molecule has 0 aromatic rings. The van der Waals surface area contributed by atoms with Gasteiger partial charge in [-0.05, 0) is 37.5 Å². The van der Waals surface area contributed by atoms with Crippen LogP contribution in [0, 0.1) is 23.7 Å². The van der Waals surface area contributed by atoms with Crippen LogP contribution >= 0.6 is 0 Å². The number of unbranched alkanes of at least 4 members (excludes halogenated alkanes) is 31. The molecule has 1 rings (SSSR count). The Morgan fingerprint density at radius 3 is 1.39 bits per heavy atom. The van der Waals surface area contributed by atoms with Gasteiger partial charge in [0.25, 0.3) is 0 Å². The van der Waals surface area contributed by atoms with E-state index in [1.807, 2.05) is 0 Å². The Hall–Kier alpha value is -2.18. The topological polar surface area (TPSA) is 158 Å². The maximum atomic E-state index is 13.2. The number of amides is 2. The fourth-order valence-electron chi connectivity index (χ4n) is 7.97. The first-order valence-electron chi connectivity index (χ1n) is 25.8. The Bertz CT molecular complexity index is 1180. The van der Waals surface area contributed by atoms with Gasteiger partial charge in [0.15, 0.2) is 6.29 Å². The van der Waals surface area contributed by atoms with Crippen molar-refractivity contribution in [3.8, 4) is 23.7 Å². The van der Waals surface area contributed by atoms with Gasteiger partial charge in [0, 0.05) is 25.8 Å². The number of rotatable bonds is 41. The summed E-state index contributed by atoms with van der Waals surface area (Å²) in [5.41, 5.74) is 0. The standard InChI is InChI=1S/C52H94N2O8/c1-3-5-7-9-11-13-15-17-19-21-22-23-24-25-26-27-29-31-33-35-37-39-41-47(56)54-45(44-61-52-50(59)49(58)48(57)46(43-55)62-52)51(60)53-42-40-38-36-34-32-30-28-20-18-16-14-12-10-8-6-4-2/h45-46,48-50,52,55,57-59H,3-22,27-44H2,1-2H3,(H,53,60)(H,54,56)/t45-,46+,48-,49-,50+,52+/m0/s1. The molecule has 1 heterocycles. The molecule has 1 saturated heterocycles. The van der Waals surface area contributed by atoms with E-state index in [2.05, 4.69) is 48.2 Å². The van der Waals surface area contributed by atoms with E-state index in [-0.39, 0.29) is 18.9 Å². The van der Waals surface area contributed by atoms with Gasteiger partial charge in [-0.3, -0.25) is 9.59 Å². The molecule has 10 heteroatoms. The summed E-state index contributed by atoms with van der Waals surface area (Å²) < 4.78 is 11.1. The van der Waals surface area contributed by atoms with Gasteiger partial charge < -0.3 is 40.5 Å². The van der Waals surface area contributed by atoms with E-state index in [1.54, 1.807) is 0 Å². The first-order valence-corrected chi connectivity index (χ1v) is 25.8. The van der Waals surface area contributed by atoms with E-state index in [1.165, 1.54) is 148 Å². The Morgan fingerprint density at radius 1 is 0.548 bits per heavy atom. The van der Waals surface area contributed by atoms with Crippen LogP contribution in [0.25, 0.3) is 0 Å². The van der Waals surface area contributed by atoms with Gasteiger partial charge in [0.05, 0.1) is 13.2 Å². The zero-order valence-electron chi connectivity index (χ0n) is 39.8. The van der Waals surface area contributed by atoms with Crippen LogP contribution in [0.3, 0.4) is 0 Å². The number of hydrogen-bond acceptors (Lipinski definition) is 8. The highest BCUT2D eigenvalue weighted by Gasteiger charge is 2.44. The van der Waals surface area contributed by atoms with E-state index in [9.17, 15) is 30.0 Å². The minimum atomic E-state index is -1.60. The van der Waals surface area contributed by atoms with Gasteiger partial charge in [-0.1, -0.05) is 205 Å². The summed E-state index contributed by atoms with van der Waals surface area (Å²) in [5.74, 6) is 11.7. The second-order valence-corrected chi connectivity index (χ2v) is 17.9. The number of carbonyl (C=O) groups excluding carboxylic acids is 2. The average molecular weight is 875 g/mol. The van der Waals surface area contributed by atoms with Crippen molar-refractivity contribution in [1.29, 1.82) is 0 Å². The molecule has 62 heavy (non-hydrogen) atoms. The number of ether oxygens (including phenoxy) is 2. The van der Waals surface area contributed by atoms with E-state index >= 15 is 0 Å². The first-order chi connectivity index (χ1) is 30.3. The van der Waals surface area contributed by atoms with Crippen molar-refractivity contribution in [3.63, 3.8) is 0 Å². The number of carbonyl (C=O) groups is 2. The molecule has 1 aliphatic rings. The van der Waals surface area contributed by atoms with Crippen LogP contribution in [0.15, 0.2) is 0 Å². The molecule has 360 valence electrons. The summed E-state index contributed by atoms with van der Waals surface area (Å²) in [5, 5.41) is 46.0. The zero-order chi connectivity index (χ0) is 45.1. The highest BCUT2D eigenvalue weighted by Crippen LogP contribution is 2.22. The lowest BCUT2D eigenvalue weighted by Crippen LogP contribution is -2.60. The molecule has 6 N–H and O–H groups in total. The maximum Gasteiger partial charge on any atom is 0.244 e. The Labute approximate surface area is 379 Å². The monoisotopic (exact) mass is 875 g/mol. The second kappa shape index (κ2) is 42.8. The van der Waals surface area contributed by atoms with Crippen LogP contribution < -0.4 is 10.6 Å². The van der Waals surface area contributed by atoms with Crippen molar-refractivity contribution < 1.29 is 39.5 Å². The van der Waals surface area contributed by atoms with Crippen molar-refractivity contribution in [2.45, 2.75) is 275 Å². The third kappa shape index (κ3) is 32.5. The lowest BCUT2D eigenvalue weighted by atomic mass is 9.99. The average Bonchev–Trinajstić information content (AvgIpc) is 3.27. The van der Waals surface area contributed by atoms with Crippen molar-refractivity contribution in [2.24, 2.45) is 0 Å². The molecular weight excluding hydrogens is 781 g/mol. The van der Waals surface area contributed by atoms with Crippen LogP contribution in [0.1, 0.15) is 239 Å². The SMILES string of the molecule is CCCCCCCCCCCCC#CC#CCCCCCCCCC(=O)N[C@@H](CO[C@@H]1O[C@H](CO)[C@H](O)[C@H](O)[C@H]1O)C(=O)NCCCCCCCCCCCCCCCCCC. The van der Waals surface area contributed by atoms with E-state index in [0.29, 0.717) is 13.0 Å². The predicted octanol–water partition coefficient (Wildman–Crippen LogP) is 10.1. The summed E-state index contributed by atoms with van der Waals surface area (Å²) in [4.78, 5) is 26.2. The van der Waals surface area contributed by atoms with Crippen LogP contribution in [0.5, 0.6) is 0 Å². The molecule has 2 amide bonds. The maximum absolute atomic E-state index is 13.2. The molecule has 10 nitrogen and oxygen atoms in total. The van der Waals surface area contributed by atoms with Crippen LogP contribution in [-0.2, 0) is 19.1 Å². The molecule has 6 atom stereocenters. The molecule has 0 saturated carbocycles. The summed E-state index contributed by atoms with van der Waals surface area (Å²) >= 11 is 0. The minimum absolute atomic E-state index is 0.269. The molecule has 1 fully saturated rings.